The Morgan fingerprint density at radius 1 is 1.50 bits per heavy atom. The monoisotopic (exact) mass is 287 g/mol. The number of nitrogens with zero attached hydrogens (tertiary/aromatic N) is 1. The third kappa shape index (κ3) is 3.98. The molecule has 1 aromatic carbocycles. The van der Waals surface area contributed by atoms with Crippen LogP contribution in [0.15, 0.2) is 22.7 Å². The summed E-state index contributed by atoms with van der Waals surface area (Å²) in [6.45, 7) is 1.69. The first-order chi connectivity index (χ1) is 7.49. The fourth-order valence-electron chi connectivity index (χ4n) is 1.05. The number of hydrogen-bond donors (Lipinski definition) is 0. The molecule has 0 aliphatic carbocycles. The second-order valence-electron chi connectivity index (χ2n) is 3.20. The zero-order chi connectivity index (χ0) is 12.1. The van der Waals surface area contributed by atoms with Crippen LogP contribution >= 0.6 is 15.9 Å². The molecular formula is C10H10BrNO4. The molecule has 0 spiro atoms. The maximum Gasteiger partial charge on any atom is 0.274 e. The first-order valence-corrected chi connectivity index (χ1v) is 5.35. The van der Waals surface area contributed by atoms with Gasteiger partial charge >= 0.3 is 0 Å². The highest BCUT2D eigenvalue weighted by Gasteiger charge is 2.09. The summed E-state index contributed by atoms with van der Waals surface area (Å²) in [6.07, 6.45) is 0.292. The lowest BCUT2D eigenvalue weighted by Gasteiger charge is -2.05. The quantitative estimate of drug-likeness (QED) is 0.617. The van der Waals surface area contributed by atoms with E-state index in [1.165, 1.54) is 19.1 Å². The molecule has 0 amide bonds. The van der Waals surface area contributed by atoms with Crippen LogP contribution in [0.1, 0.15) is 13.3 Å². The molecule has 5 nitrogen and oxygen atoms in total. The second kappa shape index (κ2) is 5.60. The van der Waals surface area contributed by atoms with Gasteiger partial charge < -0.3 is 4.74 Å². The SMILES string of the molecule is CC(=O)CCOc1cc(Br)cc([N+](=O)[O-])c1. The van der Waals surface area contributed by atoms with E-state index >= 15 is 0 Å². The van der Waals surface area contributed by atoms with Gasteiger partial charge in [-0.05, 0) is 13.0 Å². The number of Topliss-reactive ketones (excluding diaryl/α,β-unsaturated/α-hetero) is 1. The summed E-state index contributed by atoms with van der Waals surface area (Å²) in [7, 11) is 0. The number of rotatable bonds is 5. The molecule has 0 bridgehead atoms. The smallest absolute Gasteiger partial charge is 0.274 e. The number of nitro benzene ring substituents is 1. The van der Waals surface area contributed by atoms with E-state index in [-0.39, 0.29) is 18.1 Å². The van der Waals surface area contributed by atoms with Crippen LogP contribution in [0.3, 0.4) is 0 Å². The predicted molar refractivity (Wildman–Crippen MR) is 61.6 cm³/mol. The van der Waals surface area contributed by atoms with Crippen LogP contribution in [0.4, 0.5) is 5.69 Å². The molecule has 0 heterocycles. The van der Waals surface area contributed by atoms with Crippen LogP contribution < -0.4 is 4.74 Å². The minimum Gasteiger partial charge on any atom is -0.493 e. The Morgan fingerprint density at radius 3 is 2.75 bits per heavy atom. The van der Waals surface area contributed by atoms with Crippen molar-refractivity contribution in [3.8, 4) is 5.75 Å². The standard InChI is InChI=1S/C10H10BrNO4/c1-7(13)2-3-16-10-5-8(11)4-9(6-10)12(14)15/h4-6H,2-3H2,1H3. The summed E-state index contributed by atoms with van der Waals surface area (Å²) in [6, 6.07) is 4.33. The fourth-order valence-corrected chi connectivity index (χ4v) is 1.51. The number of nitro groups is 1. The van der Waals surface area contributed by atoms with Gasteiger partial charge in [-0.15, -0.1) is 0 Å². The summed E-state index contributed by atoms with van der Waals surface area (Å²) >= 11 is 3.15. The first kappa shape index (κ1) is 12.6. The number of ketones is 1. The number of hydrogen-bond acceptors (Lipinski definition) is 4. The van der Waals surface area contributed by atoms with Crippen LogP contribution in [0, 0.1) is 10.1 Å². The van der Waals surface area contributed by atoms with Gasteiger partial charge in [0.1, 0.15) is 11.5 Å². The molecule has 1 rings (SSSR count). The van der Waals surface area contributed by atoms with Crippen molar-refractivity contribution >= 4 is 27.4 Å². The van der Waals surface area contributed by atoms with Gasteiger partial charge in [0, 0.05) is 17.0 Å². The molecule has 0 atom stereocenters. The summed E-state index contributed by atoms with van der Waals surface area (Å²) in [4.78, 5) is 20.7. The van der Waals surface area contributed by atoms with E-state index < -0.39 is 4.92 Å². The Balaban J connectivity index is 2.72. The Morgan fingerprint density at radius 2 is 2.19 bits per heavy atom. The summed E-state index contributed by atoms with van der Waals surface area (Å²) in [5.41, 5.74) is -0.0489. The maximum absolute atomic E-state index is 10.7. The van der Waals surface area contributed by atoms with Crippen LogP contribution in [0.5, 0.6) is 5.75 Å². The van der Waals surface area contributed by atoms with Gasteiger partial charge in [-0.3, -0.25) is 14.9 Å². The van der Waals surface area contributed by atoms with E-state index in [1.807, 2.05) is 0 Å². The van der Waals surface area contributed by atoms with E-state index in [1.54, 1.807) is 6.07 Å². The highest BCUT2D eigenvalue weighted by Crippen LogP contribution is 2.26. The molecule has 0 N–H and O–H groups in total. The van der Waals surface area contributed by atoms with Crippen LogP contribution in [-0.2, 0) is 4.79 Å². The molecule has 0 aliphatic rings. The average molecular weight is 288 g/mol. The highest BCUT2D eigenvalue weighted by atomic mass is 79.9. The highest BCUT2D eigenvalue weighted by molar-refractivity contribution is 9.10. The molecule has 1 aromatic rings. The number of carbonyl (C=O) groups excluding carboxylic acids is 1. The minimum absolute atomic E-state index is 0.0181. The Hall–Kier alpha value is -1.43. The Bertz CT molecular complexity index is 419. The topological polar surface area (TPSA) is 69.4 Å². The van der Waals surface area contributed by atoms with Gasteiger partial charge in [0.05, 0.1) is 17.6 Å². The zero-order valence-corrected chi connectivity index (χ0v) is 10.2. The van der Waals surface area contributed by atoms with E-state index in [4.69, 9.17) is 4.74 Å². The third-order valence-corrected chi connectivity index (χ3v) is 2.25. The number of ether oxygens (including phenoxy) is 1. The van der Waals surface area contributed by atoms with Crippen molar-refractivity contribution in [1.29, 1.82) is 0 Å². The fraction of sp³-hybridized carbons (Fsp3) is 0.300. The van der Waals surface area contributed by atoms with Gasteiger partial charge in [0.15, 0.2) is 0 Å². The molecule has 16 heavy (non-hydrogen) atoms. The van der Waals surface area contributed by atoms with Gasteiger partial charge in [-0.2, -0.15) is 0 Å². The normalized spacial score (nSPS) is 9.88. The molecule has 0 unspecified atom stereocenters. The van der Waals surface area contributed by atoms with Crippen molar-refractivity contribution in [2.45, 2.75) is 13.3 Å². The van der Waals surface area contributed by atoms with Crippen molar-refractivity contribution in [3.05, 3.63) is 32.8 Å². The average Bonchev–Trinajstić information content (AvgIpc) is 2.16. The van der Waals surface area contributed by atoms with Gasteiger partial charge in [-0.25, -0.2) is 0 Å². The van der Waals surface area contributed by atoms with Crippen molar-refractivity contribution in [2.75, 3.05) is 6.61 Å². The summed E-state index contributed by atoms with van der Waals surface area (Å²) in [5, 5.41) is 10.6. The zero-order valence-electron chi connectivity index (χ0n) is 8.60. The Labute approximate surface area is 101 Å². The first-order valence-electron chi connectivity index (χ1n) is 4.56. The lowest BCUT2D eigenvalue weighted by atomic mass is 10.3. The van der Waals surface area contributed by atoms with Crippen LogP contribution in [0.25, 0.3) is 0 Å². The lowest BCUT2D eigenvalue weighted by Crippen LogP contribution is -2.03. The van der Waals surface area contributed by atoms with Crippen molar-refractivity contribution in [2.24, 2.45) is 0 Å². The largest absolute Gasteiger partial charge is 0.493 e. The van der Waals surface area contributed by atoms with Gasteiger partial charge in [0.2, 0.25) is 0 Å². The molecule has 6 heteroatoms. The second-order valence-corrected chi connectivity index (χ2v) is 4.12. The summed E-state index contributed by atoms with van der Waals surface area (Å²) in [5.74, 6) is 0.395. The lowest BCUT2D eigenvalue weighted by molar-refractivity contribution is -0.385. The molecule has 0 saturated heterocycles. The molecule has 0 aromatic heterocycles. The van der Waals surface area contributed by atoms with Crippen molar-refractivity contribution < 1.29 is 14.5 Å². The van der Waals surface area contributed by atoms with E-state index in [0.717, 1.165) is 0 Å². The number of non-ortho nitro benzene ring substituents is 1. The molecule has 0 saturated carbocycles. The number of carbonyl (C=O) groups is 1. The maximum atomic E-state index is 10.7. The number of halogens is 1. The van der Waals surface area contributed by atoms with Gasteiger partial charge in [-0.1, -0.05) is 15.9 Å². The van der Waals surface area contributed by atoms with E-state index in [2.05, 4.69) is 15.9 Å². The predicted octanol–water partition coefficient (Wildman–Crippen LogP) is 2.72. The van der Waals surface area contributed by atoms with Gasteiger partial charge in [0.25, 0.3) is 5.69 Å². The minimum atomic E-state index is -0.497. The van der Waals surface area contributed by atoms with Crippen LogP contribution in [0.2, 0.25) is 0 Å². The van der Waals surface area contributed by atoms with E-state index in [9.17, 15) is 14.9 Å². The molecule has 86 valence electrons. The number of benzene rings is 1. The Kier molecular flexibility index (Phi) is 4.42. The summed E-state index contributed by atoms with van der Waals surface area (Å²) < 4.78 is 5.80. The molecule has 0 radical (unpaired) electrons. The molecular weight excluding hydrogens is 278 g/mol. The van der Waals surface area contributed by atoms with Crippen molar-refractivity contribution in [3.63, 3.8) is 0 Å². The molecule has 0 fully saturated rings. The third-order valence-electron chi connectivity index (χ3n) is 1.79. The molecule has 0 aliphatic heterocycles. The van der Waals surface area contributed by atoms with Crippen LogP contribution in [-0.4, -0.2) is 17.3 Å². The van der Waals surface area contributed by atoms with Crippen molar-refractivity contribution in [1.82, 2.24) is 0 Å². The van der Waals surface area contributed by atoms with E-state index in [0.29, 0.717) is 16.6 Å².